The minimum atomic E-state index is -0.455. The summed E-state index contributed by atoms with van der Waals surface area (Å²) in [7, 11) is 1.64. The summed E-state index contributed by atoms with van der Waals surface area (Å²) < 4.78 is 5.22. The van der Waals surface area contributed by atoms with Gasteiger partial charge in [0.25, 0.3) is 11.8 Å². The van der Waals surface area contributed by atoms with Crippen molar-refractivity contribution in [3.8, 4) is 5.75 Å². The average molecular weight is 450 g/mol. The van der Waals surface area contributed by atoms with E-state index in [0.29, 0.717) is 35.3 Å². The van der Waals surface area contributed by atoms with Crippen molar-refractivity contribution in [2.45, 2.75) is 19.5 Å². The Labute approximate surface area is 189 Å². The van der Waals surface area contributed by atoms with Crippen LogP contribution in [0.3, 0.4) is 0 Å². The lowest BCUT2D eigenvalue weighted by Gasteiger charge is -2.19. The average Bonchev–Trinajstić information content (AvgIpc) is 3.38. The molecule has 8 nitrogen and oxygen atoms in total. The summed E-state index contributed by atoms with van der Waals surface area (Å²) in [6, 6.07) is 13.0. The quantitative estimate of drug-likeness (QED) is 0.581. The second kappa shape index (κ2) is 8.12. The molecule has 0 unspecified atom stereocenters. The van der Waals surface area contributed by atoms with E-state index in [4.69, 9.17) is 16.3 Å². The van der Waals surface area contributed by atoms with E-state index >= 15 is 0 Å². The Morgan fingerprint density at radius 2 is 2.03 bits per heavy atom. The zero-order valence-electron chi connectivity index (χ0n) is 17.3. The molecule has 1 aromatic heterocycles. The number of methoxy groups -OCH3 is 1. The lowest BCUT2D eigenvalue weighted by atomic mass is 10.1. The van der Waals surface area contributed by atoms with Gasteiger partial charge in [-0.2, -0.15) is 0 Å². The first-order valence-corrected chi connectivity index (χ1v) is 10.6. The van der Waals surface area contributed by atoms with Gasteiger partial charge < -0.3 is 20.3 Å². The van der Waals surface area contributed by atoms with Crippen LogP contribution < -0.4 is 20.3 Å². The Morgan fingerprint density at radius 1 is 1.22 bits per heavy atom. The topological polar surface area (TPSA) is 96.5 Å². The Kier molecular flexibility index (Phi) is 5.14. The summed E-state index contributed by atoms with van der Waals surface area (Å²) in [5.41, 5.74) is 3.97. The Morgan fingerprint density at radius 3 is 2.81 bits per heavy atom. The van der Waals surface area contributed by atoms with Crippen molar-refractivity contribution < 1.29 is 14.3 Å². The number of aromatic nitrogens is 2. The van der Waals surface area contributed by atoms with Crippen LogP contribution >= 0.6 is 11.6 Å². The van der Waals surface area contributed by atoms with Gasteiger partial charge >= 0.3 is 0 Å². The van der Waals surface area contributed by atoms with Gasteiger partial charge in [0.2, 0.25) is 5.82 Å². The van der Waals surface area contributed by atoms with Crippen LogP contribution in [0.4, 0.5) is 11.5 Å². The van der Waals surface area contributed by atoms with Gasteiger partial charge in [-0.3, -0.25) is 9.59 Å². The van der Waals surface area contributed by atoms with Crippen LogP contribution in [-0.4, -0.2) is 35.4 Å². The van der Waals surface area contributed by atoms with Crippen LogP contribution in [0.2, 0.25) is 5.15 Å². The fourth-order valence-electron chi connectivity index (χ4n) is 3.98. The zero-order valence-corrected chi connectivity index (χ0v) is 18.1. The van der Waals surface area contributed by atoms with E-state index in [2.05, 4.69) is 25.5 Å². The molecule has 0 bridgehead atoms. The summed E-state index contributed by atoms with van der Waals surface area (Å²) in [5.74, 6) is 0.915. The van der Waals surface area contributed by atoms with Crippen molar-refractivity contribution in [3.05, 3.63) is 75.7 Å². The van der Waals surface area contributed by atoms with Gasteiger partial charge in [-0.05, 0) is 47.9 Å². The van der Waals surface area contributed by atoms with Gasteiger partial charge in [-0.15, -0.1) is 0 Å². The number of fused-ring (bicyclic) bond motifs is 2. The van der Waals surface area contributed by atoms with Crippen molar-refractivity contribution in [1.29, 1.82) is 0 Å². The number of ether oxygens (including phenoxy) is 1. The Hall–Kier alpha value is -3.65. The molecular weight excluding hydrogens is 430 g/mol. The molecule has 3 aromatic rings. The third-order valence-corrected chi connectivity index (χ3v) is 5.96. The Balaban J connectivity index is 1.36. The van der Waals surface area contributed by atoms with E-state index in [1.54, 1.807) is 25.3 Å². The molecular formula is C23H20ClN5O3. The highest BCUT2D eigenvalue weighted by molar-refractivity contribution is 6.30. The van der Waals surface area contributed by atoms with Gasteiger partial charge in [0.05, 0.1) is 7.11 Å². The van der Waals surface area contributed by atoms with E-state index in [9.17, 15) is 9.59 Å². The van der Waals surface area contributed by atoms with Crippen LogP contribution in [0.5, 0.6) is 5.75 Å². The number of carbonyl (C=O) groups is 2. The molecule has 2 aliphatic heterocycles. The van der Waals surface area contributed by atoms with Crippen LogP contribution in [0.25, 0.3) is 0 Å². The standard InChI is InChI=1S/C23H20ClN5O3/c1-32-16-5-2-13(3-6-16)12-29-9-8-18-19(24)27-20(28-21(18)29)23(31)26-15-4-7-17-14(10-15)11-25-22(17)30/h2-7,10H,8-9,11-12H2,1H3,(H,25,30)(H,26,31). The number of nitrogens with zero attached hydrogens (tertiary/aromatic N) is 3. The first-order valence-electron chi connectivity index (χ1n) is 10.2. The lowest BCUT2D eigenvalue weighted by molar-refractivity contribution is 0.0964. The molecule has 0 saturated carbocycles. The molecule has 2 amide bonds. The van der Waals surface area contributed by atoms with Gasteiger partial charge in [-0.25, -0.2) is 9.97 Å². The monoisotopic (exact) mass is 449 g/mol. The molecule has 9 heteroatoms. The molecule has 2 aromatic carbocycles. The molecule has 0 atom stereocenters. The maximum absolute atomic E-state index is 12.9. The Bertz CT molecular complexity index is 1230. The third-order valence-electron chi connectivity index (χ3n) is 5.65. The molecule has 0 fully saturated rings. The van der Waals surface area contributed by atoms with Gasteiger partial charge in [0.15, 0.2) is 0 Å². The molecule has 3 heterocycles. The SMILES string of the molecule is COc1ccc(CN2CCc3c(Cl)nc(C(=O)Nc4ccc5c(c4)CNC5=O)nc32)cc1. The van der Waals surface area contributed by atoms with E-state index < -0.39 is 5.91 Å². The molecule has 0 radical (unpaired) electrons. The minimum absolute atomic E-state index is 0.00470. The van der Waals surface area contributed by atoms with Crippen molar-refractivity contribution in [2.24, 2.45) is 0 Å². The second-order valence-corrected chi connectivity index (χ2v) is 8.03. The fourth-order valence-corrected chi connectivity index (χ4v) is 4.24. The maximum atomic E-state index is 12.9. The molecule has 0 saturated heterocycles. The summed E-state index contributed by atoms with van der Waals surface area (Å²) in [6.07, 6.45) is 0.720. The largest absolute Gasteiger partial charge is 0.497 e. The summed E-state index contributed by atoms with van der Waals surface area (Å²) in [4.78, 5) is 35.4. The van der Waals surface area contributed by atoms with Crippen LogP contribution in [0.1, 0.15) is 37.7 Å². The molecule has 162 valence electrons. The maximum Gasteiger partial charge on any atom is 0.293 e. The molecule has 2 N–H and O–H groups in total. The molecule has 2 aliphatic rings. The summed E-state index contributed by atoms with van der Waals surface area (Å²) >= 11 is 6.40. The summed E-state index contributed by atoms with van der Waals surface area (Å²) in [5, 5.41) is 5.85. The predicted octanol–water partition coefficient (Wildman–Crippen LogP) is 3.20. The number of rotatable bonds is 5. The van der Waals surface area contributed by atoms with Crippen molar-refractivity contribution in [3.63, 3.8) is 0 Å². The van der Waals surface area contributed by atoms with E-state index in [1.807, 2.05) is 24.3 Å². The zero-order chi connectivity index (χ0) is 22.2. The van der Waals surface area contributed by atoms with Crippen LogP contribution in [0.15, 0.2) is 42.5 Å². The van der Waals surface area contributed by atoms with Crippen molar-refractivity contribution >= 4 is 34.9 Å². The number of halogens is 1. The predicted molar refractivity (Wildman–Crippen MR) is 120 cm³/mol. The van der Waals surface area contributed by atoms with E-state index in [-0.39, 0.29) is 11.7 Å². The first kappa shape index (κ1) is 20.3. The normalized spacial score (nSPS) is 14.1. The number of carbonyl (C=O) groups excluding carboxylic acids is 2. The fraction of sp³-hybridized carbons (Fsp3) is 0.217. The first-order chi connectivity index (χ1) is 15.5. The number of benzene rings is 2. The van der Waals surface area contributed by atoms with E-state index in [0.717, 1.165) is 35.4 Å². The number of anilines is 2. The van der Waals surface area contributed by atoms with E-state index in [1.165, 1.54) is 0 Å². The number of amides is 2. The smallest absolute Gasteiger partial charge is 0.293 e. The molecule has 5 rings (SSSR count). The van der Waals surface area contributed by atoms with Crippen molar-refractivity contribution in [1.82, 2.24) is 15.3 Å². The third kappa shape index (κ3) is 3.73. The van der Waals surface area contributed by atoms with Crippen molar-refractivity contribution in [2.75, 3.05) is 23.9 Å². The number of hydrogen-bond acceptors (Lipinski definition) is 6. The lowest BCUT2D eigenvalue weighted by Crippen LogP contribution is -2.22. The minimum Gasteiger partial charge on any atom is -0.497 e. The van der Waals surface area contributed by atoms with Gasteiger partial charge in [0.1, 0.15) is 16.7 Å². The van der Waals surface area contributed by atoms with Gasteiger partial charge in [-0.1, -0.05) is 23.7 Å². The molecule has 32 heavy (non-hydrogen) atoms. The molecule has 0 aliphatic carbocycles. The number of nitrogens with one attached hydrogen (secondary N) is 2. The van der Waals surface area contributed by atoms with Crippen LogP contribution in [0, 0.1) is 0 Å². The van der Waals surface area contributed by atoms with Crippen LogP contribution in [-0.2, 0) is 19.5 Å². The molecule has 0 spiro atoms. The van der Waals surface area contributed by atoms with Gasteiger partial charge in [0, 0.05) is 36.4 Å². The summed E-state index contributed by atoms with van der Waals surface area (Å²) in [6.45, 7) is 1.82. The highest BCUT2D eigenvalue weighted by Gasteiger charge is 2.27. The number of hydrogen-bond donors (Lipinski definition) is 2. The highest BCUT2D eigenvalue weighted by atomic mass is 35.5. The second-order valence-electron chi connectivity index (χ2n) is 7.67. The highest BCUT2D eigenvalue weighted by Crippen LogP contribution is 2.32.